The zero-order valence-electron chi connectivity index (χ0n) is 11.0. The van der Waals surface area contributed by atoms with Gasteiger partial charge < -0.3 is 0 Å². The Morgan fingerprint density at radius 3 is 1.29 bits per heavy atom. The summed E-state index contributed by atoms with van der Waals surface area (Å²) in [5.74, 6) is 2.17. The van der Waals surface area contributed by atoms with E-state index in [1.54, 1.807) is 0 Å². The molecule has 0 aromatic rings. The summed E-state index contributed by atoms with van der Waals surface area (Å²) in [7, 11) is 0. The van der Waals surface area contributed by atoms with Crippen LogP contribution in [0.4, 0.5) is 0 Å². The fourth-order valence-corrected chi connectivity index (χ4v) is 9.37. The van der Waals surface area contributed by atoms with Crippen molar-refractivity contribution in [3.8, 4) is 0 Å². The Kier molecular flexibility index (Phi) is 5.75. The van der Waals surface area contributed by atoms with Gasteiger partial charge in [0.15, 0.2) is 0 Å². The van der Waals surface area contributed by atoms with Crippen LogP contribution in [-0.2, 0) is 0 Å². The van der Waals surface area contributed by atoms with Crippen molar-refractivity contribution in [3.05, 3.63) is 0 Å². The van der Waals surface area contributed by atoms with Crippen LogP contribution >= 0.6 is 0 Å². The molecule has 2 heteroatoms. The molecule has 85 valence electrons. The second-order valence-corrected chi connectivity index (χ2v) is 10.8. The summed E-state index contributed by atoms with van der Waals surface area (Å²) < 4.78 is 6.97. The molecule has 2 N–H and O–H groups in total. The number of rotatable bonds is 5. The molecule has 0 aliphatic rings. The quantitative estimate of drug-likeness (QED) is 0.749. The molecule has 0 bridgehead atoms. The van der Waals surface area contributed by atoms with Crippen molar-refractivity contribution in [1.82, 2.24) is 0 Å². The van der Waals surface area contributed by atoms with Crippen LogP contribution in [0.3, 0.4) is 0 Å². The molecule has 14 heavy (non-hydrogen) atoms. The van der Waals surface area contributed by atoms with Crippen LogP contribution in [0.25, 0.3) is 0 Å². The minimum absolute atomic E-state index is 0.453. The van der Waals surface area contributed by atoms with Gasteiger partial charge in [0.05, 0.1) is 0 Å². The third-order valence-corrected chi connectivity index (χ3v) is 11.4. The molecular weight excluding hydrogens is 231 g/mol. The van der Waals surface area contributed by atoms with Crippen LogP contribution in [0, 0.1) is 17.8 Å². The molecule has 0 aromatic carbocycles. The van der Waals surface area contributed by atoms with E-state index in [0.717, 1.165) is 17.8 Å². The monoisotopic (exact) mass is 260 g/mol. The maximum absolute atomic E-state index is 6.52. The summed E-state index contributed by atoms with van der Waals surface area (Å²) in [5.41, 5.74) is 0. The van der Waals surface area contributed by atoms with Gasteiger partial charge in [-0.2, -0.15) is 0 Å². The topological polar surface area (TPSA) is 26.0 Å². The van der Waals surface area contributed by atoms with Crippen LogP contribution in [0.15, 0.2) is 0 Å². The predicted molar refractivity (Wildman–Crippen MR) is 67.6 cm³/mol. The fraction of sp³-hybridized carbons (Fsp3) is 1.00. The average Bonchev–Trinajstić information content (AvgIpc) is 2.02. The molecule has 0 unspecified atom stereocenters. The zero-order valence-corrected chi connectivity index (χ0v) is 13.1. The van der Waals surface area contributed by atoms with Crippen molar-refractivity contribution < 1.29 is 0 Å². The van der Waals surface area contributed by atoms with E-state index in [4.69, 9.17) is 4.69 Å². The van der Waals surface area contributed by atoms with Gasteiger partial charge in [0.1, 0.15) is 0 Å². The Labute approximate surface area is 95.2 Å². The van der Waals surface area contributed by atoms with E-state index in [-0.39, 0.29) is 0 Å². The SMILES string of the molecule is C[CH2][Ge]([NH2])[C](C(C)C)(C(C)C)C(C)C. The number of hydrogen-bond donors (Lipinski definition) is 1. The van der Waals surface area contributed by atoms with Crippen molar-refractivity contribution in [1.29, 1.82) is 0 Å². The molecule has 1 nitrogen and oxygen atoms in total. The van der Waals surface area contributed by atoms with Crippen LogP contribution in [0.1, 0.15) is 48.5 Å². The molecule has 0 rings (SSSR count). The first-order valence-corrected chi connectivity index (χ1v) is 9.67. The van der Waals surface area contributed by atoms with E-state index >= 15 is 0 Å². The molecule has 0 aromatic heterocycles. The Balaban J connectivity index is 5.16. The summed E-state index contributed by atoms with van der Waals surface area (Å²) in [6.45, 7) is 16.4. The van der Waals surface area contributed by atoms with Crippen molar-refractivity contribution in [2.45, 2.75) is 58.0 Å². The van der Waals surface area contributed by atoms with Gasteiger partial charge in [0, 0.05) is 0 Å². The van der Waals surface area contributed by atoms with Gasteiger partial charge >= 0.3 is 95.0 Å². The normalized spacial score (nSPS) is 13.7. The molecule has 0 saturated heterocycles. The maximum atomic E-state index is 6.52. The minimum atomic E-state index is -1.39. The molecule has 0 fully saturated rings. The Hall–Kier alpha value is 0.503. The molecule has 0 saturated carbocycles. The summed E-state index contributed by atoms with van der Waals surface area (Å²) in [6.07, 6.45) is 0. The van der Waals surface area contributed by atoms with E-state index in [9.17, 15) is 0 Å². The summed E-state index contributed by atoms with van der Waals surface area (Å²) >= 11 is -1.39. The van der Waals surface area contributed by atoms with E-state index in [2.05, 4.69) is 48.5 Å². The van der Waals surface area contributed by atoms with Crippen molar-refractivity contribution >= 4 is 14.6 Å². The Morgan fingerprint density at radius 2 is 1.21 bits per heavy atom. The molecular formula is C12H28GeN. The van der Waals surface area contributed by atoms with Crippen LogP contribution in [0.5, 0.6) is 0 Å². The predicted octanol–water partition coefficient (Wildman–Crippen LogP) is 3.66. The molecule has 0 amide bonds. The molecule has 0 heterocycles. The molecule has 0 aliphatic carbocycles. The first-order valence-electron chi connectivity index (χ1n) is 5.93. The van der Waals surface area contributed by atoms with Crippen molar-refractivity contribution in [3.63, 3.8) is 0 Å². The summed E-state index contributed by atoms with van der Waals surface area (Å²) in [6, 6.07) is 0. The second-order valence-electron chi connectivity index (χ2n) is 5.28. The fourth-order valence-electron chi connectivity index (χ4n) is 3.42. The third kappa shape index (κ3) is 2.36. The van der Waals surface area contributed by atoms with Gasteiger partial charge in [-0.25, -0.2) is 0 Å². The van der Waals surface area contributed by atoms with Gasteiger partial charge in [0.25, 0.3) is 0 Å². The second kappa shape index (κ2) is 5.55. The third-order valence-electron chi connectivity index (χ3n) is 3.80. The Morgan fingerprint density at radius 1 is 0.929 bits per heavy atom. The van der Waals surface area contributed by atoms with E-state index in [1.165, 1.54) is 5.25 Å². The van der Waals surface area contributed by atoms with E-state index in [0.29, 0.717) is 4.25 Å². The van der Waals surface area contributed by atoms with Crippen LogP contribution < -0.4 is 4.69 Å². The molecule has 0 aliphatic heterocycles. The zero-order chi connectivity index (χ0) is 11.5. The summed E-state index contributed by atoms with van der Waals surface area (Å²) in [5, 5.41) is 1.24. The first kappa shape index (κ1) is 14.5. The average molecular weight is 259 g/mol. The van der Waals surface area contributed by atoms with Gasteiger partial charge in [-0.05, 0) is 0 Å². The number of nitrogens with two attached hydrogens (primary N) is 1. The van der Waals surface area contributed by atoms with Crippen LogP contribution in [0.2, 0.25) is 9.50 Å². The molecule has 1 radical (unpaired) electrons. The molecule has 0 atom stereocenters. The van der Waals surface area contributed by atoms with Crippen molar-refractivity contribution in [2.24, 2.45) is 22.4 Å². The van der Waals surface area contributed by atoms with Gasteiger partial charge in [-0.1, -0.05) is 0 Å². The first-order chi connectivity index (χ1) is 6.31. The van der Waals surface area contributed by atoms with Gasteiger partial charge in [-0.15, -0.1) is 0 Å². The standard InChI is InChI=1S/C12H28GeN/c1-8-13(14)12(9(2)3,10(4)5)11(6)7/h9-11H,8,14H2,1-7H3. The van der Waals surface area contributed by atoms with Crippen molar-refractivity contribution in [2.75, 3.05) is 0 Å². The number of hydrogen-bond acceptors (Lipinski definition) is 1. The van der Waals surface area contributed by atoms with Gasteiger partial charge in [-0.3, -0.25) is 0 Å². The molecule has 0 spiro atoms. The summed E-state index contributed by atoms with van der Waals surface area (Å²) in [4.78, 5) is 0. The van der Waals surface area contributed by atoms with E-state index in [1.807, 2.05) is 0 Å². The Bertz CT molecular complexity index is 142. The van der Waals surface area contributed by atoms with E-state index < -0.39 is 14.6 Å². The van der Waals surface area contributed by atoms with Crippen LogP contribution in [-0.4, -0.2) is 14.6 Å². The van der Waals surface area contributed by atoms with Gasteiger partial charge in [0.2, 0.25) is 0 Å².